The van der Waals surface area contributed by atoms with E-state index in [-0.39, 0.29) is 6.10 Å². The van der Waals surface area contributed by atoms with Crippen molar-refractivity contribution in [2.45, 2.75) is 6.10 Å². The van der Waals surface area contributed by atoms with E-state index in [1.54, 1.807) is 0 Å². The minimum atomic E-state index is -0.972. The van der Waals surface area contributed by atoms with Gasteiger partial charge in [-0.25, -0.2) is 4.79 Å². The number of hydrogen-bond acceptors (Lipinski definition) is 3. The molecule has 1 unspecified atom stereocenters. The summed E-state index contributed by atoms with van der Waals surface area (Å²) in [6.45, 7) is 1.26. The number of carboxylic acid groups (broad SMARTS) is 1. The van der Waals surface area contributed by atoms with Gasteiger partial charge in [0.1, 0.15) is 18.5 Å². The first-order chi connectivity index (χ1) is 7.75. The van der Waals surface area contributed by atoms with Gasteiger partial charge in [0.15, 0.2) is 0 Å². The Balaban J connectivity index is 2.05. The summed E-state index contributed by atoms with van der Waals surface area (Å²) in [5.41, 5.74) is 0.755. The summed E-state index contributed by atoms with van der Waals surface area (Å²) in [7, 11) is 0. The van der Waals surface area contributed by atoms with Crippen LogP contribution in [0.2, 0.25) is 0 Å². The van der Waals surface area contributed by atoms with Gasteiger partial charge >= 0.3 is 5.97 Å². The second-order valence-corrected chi connectivity index (χ2v) is 3.48. The Morgan fingerprint density at radius 1 is 1.56 bits per heavy atom. The molecule has 16 heavy (non-hydrogen) atoms. The van der Waals surface area contributed by atoms with Crippen molar-refractivity contribution in [2.24, 2.45) is 0 Å². The molecular weight excluding hydrogens is 208 g/mol. The van der Waals surface area contributed by atoms with E-state index in [0.717, 1.165) is 18.2 Å². The maximum atomic E-state index is 10.4. The zero-order valence-electron chi connectivity index (χ0n) is 8.63. The number of para-hydroxylation sites is 1. The van der Waals surface area contributed by atoms with Crippen molar-refractivity contribution >= 4 is 12.0 Å². The maximum Gasteiger partial charge on any atom is 0.328 e. The predicted molar refractivity (Wildman–Crippen MR) is 58.3 cm³/mol. The molecule has 0 spiro atoms. The van der Waals surface area contributed by atoms with Crippen molar-refractivity contribution in [1.29, 1.82) is 0 Å². The molecule has 0 bridgehead atoms. The van der Waals surface area contributed by atoms with Crippen LogP contribution >= 0.6 is 0 Å². The summed E-state index contributed by atoms with van der Waals surface area (Å²) in [6.07, 6.45) is 2.80. The third-order valence-electron chi connectivity index (χ3n) is 2.15. The number of ether oxygens (including phenoxy) is 2. The zero-order valence-corrected chi connectivity index (χ0v) is 8.63. The number of epoxide rings is 1. The van der Waals surface area contributed by atoms with Crippen molar-refractivity contribution in [2.75, 3.05) is 13.2 Å². The standard InChI is InChI=1S/C12H12O4/c13-12(14)6-5-9-3-1-2-4-11(9)16-8-10-7-15-10/h1-6,10H,7-8H2,(H,13,14)/b6-5+. The first-order valence-electron chi connectivity index (χ1n) is 5.00. The molecule has 0 aromatic heterocycles. The molecule has 1 fully saturated rings. The molecular formula is C12H12O4. The summed E-state index contributed by atoms with van der Waals surface area (Å²) in [4.78, 5) is 10.4. The van der Waals surface area contributed by atoms with Crippen LogP contribution in [0.25, 0.3) is 6.08 Å². The lowest BCUT2D eigenvalue weighted by atomic mass is 10.2. The Labute approximate surface area is 93.1 Å². The number of benzene rings is 1. The number of rotatable bonds is 5. The van der Waals surface area contributed by atoms with Gasteiger partial charge < -0.3 is 14.6 Å². The fourth-order valence-electron chi connectivity index (χ4n) is 1.26. The molecule has 1 saturated heterocycles. The van der Waals surface area contributed by atoms with Gasteiger partial charge in [-0.05, 0) is 12.1 Å². The topological polar surface area (TPSA) is 59.1 Å². The summed E-state index contributed by atoms with van der Waals surface area (Å²) < 4.78 is 10.6. The lowest BCUT2D eigenvalue weighted by Gasteiger charge is -2.06. The number of hydrogen-bond donors (Lipinski definition) is 1. The van der Waals surface area contributed by atoms with E-state index in [4.69, 9.17) is 14.6 Å². The fourth-order valence-corrected chi connectivity index (χ4v) is 1.26. The van der Waals surface area contributed by atoms with Crippen molar-refractivity contribution in [3.05, 3.63) is 35.9 Å². The second-order valence-electron chi connectivity index (χ2n) is 3.48. The first kappa shape index (κ1) is 10.7. The Kier molecular flexibility index (Phi) is 3.22. The largest absolute Gasteiger partial charge is 0.490 e. The summed E-state index contributed by atoms with van der Waals surface area (Å²) in [5.74, 6) is -0.296. The molecule has 1 N–H and O–H groups in total. The third-order valence-corrected chi connectivity index (χ3v) is 2.15. The number of aliphatic carboxylic acids is 1. The fraction of sp³-hybridized carbons (Fsp3) is 0.250. The van der Waals surface area contributed by atoms with Crippen molar-refractivity contribution in [3.63, 3.8) is 0 Å². The number of carbonyl (C=O) groups is 1. The van der Waals surface area contributed by atoms with Crippen LogP contribution in [0.1, 0.15) is 5.56 Å². The Morgan fingerprint density at radius 2 is 2.31 bits per heavy atom. The van der Waals surface area contributed by atoms with Gasteiger partial charge in [-0.2, -0.15) is 0 Å². The average molecular weight is 220 g/mol. The normalized spacial score (nSPS) is 18.6. The zero-order chi connectivity index (χ0) is 11.4. The van der Waals surface area contributed by atoms with Crippen LogP contribution < -0.4 is 4.74 Å². The van der Waals surface area contributed by atoms with Gasteiger partial charge in [0.25, 0.3) is 0 Å². The monoisotopic (exact) mass is 220 g/mol. The SMILES string of the molecule is O=C(O)/C=C/c1ccccc1OCC1CO1. The van der Waals surface area contributed by atoms with Gasteiger partial charge in [-0.1, -0.05) is 18.2 Å². The van der Waals surface area contributed by atoms with E-state index in [2.05, 4.69) is 0 Å². The molecule has 4 heteroatoms. The summed E-state index contributed by atoms with van der Waals surface area (Å²) in [5, 5.41) is 8.55. The van der Waals surface area contributed by atoms with Gasteiger partial charge in [0, 0.05) is 11.6 Å². The van der Waals surface area contributed by atoms with Crippen LogP contribution in [0.3, 0.4) is 0 Å². The molecule has 1 aliphatic rings. The van der Waals surface area contributed by atoms with E-state index in [0.29, 0.717) is 12.4 Å². The number of carboxylic acids is 1. The highest BCUT2D eigenvalue weighted by Gasteiger charge is 2.23. The van der Waals surface area contributed by atoms with Crippen LogP contribution in [0.4, 0.5) is 0 Å². The van der Waals surface area contributed by atoms with E-state index in [1.807, 2.05) is 24.3 Å². The Bertz CT molecular complexity index is 407. The average Bonchev–Trinajstić information content (AvgIpc) is 3.08. The van der Waals surface area contributed by atoms with Gasteiger partial charge in [0.2, 0.25) is 0 Å². The summed E-state index contributed by atoms with van der Waals surface area (Å²) in [6, 6.07) is 7.30. The molecule has 0 amide bonds. The van der Waals surface area contributed by atoms with Gasteiger partial charge in [0.05, 0.1) is 6.61 Å². The lowest BCUT2D eigenvalue weighted by molar-refractivity contribution is -0.131. The molecule has 84 valence electrons. The van der Waals surface area contributed by atoms with Gasteiger partial charge in [-0.3, -0.25) is 0 Å². The molecule has 2 rings (SSSR count). The van der Waals surface area contributed by atoms with Crippen molar-refractivity contribution < 1.29 is 19.4 Å². The molecule has 4 nitrogen and oxygen atoms in total. The molecule has 1 aliphatic heterocycles. The molecule has 1 heterocycles. The minimum Gasteiger partial charge on any atom is -0.490 e. The molecule has 0 radical (unpaired) electrons. The highest BCUT2D eigenvalue weighted by atomic mass is 16.6. The Morgan fingerprint density at radius 3 is 3.00 bits per heavy atom. The highest BCUT2D eigenvalue weighted by molar-refractivity contribution is 5.85. The van der Waals surface area contributed by atoms with E-state index in [9.17, 15) is 4.79 Å². The molecule has 0 aliphatic carbocycles. The van der Waals surface area contributed by atoms with Crippen molar-refractivity contribution in [3.8, 4) is 5.75 Å². The van der Waals surface area contributed by atoms with Crippen LogP contribution in [-0.4, -0.2) is 30.4 Å². The first-order valence-corrected chi connectivity index (χ1v) is 5.00. The van der Waals surface area contributed by atoms with Crippen LogP contribution in [0.5, 0.6) is 5.75 Å². The third kappa shape index (κ3) is 3.10. The van der Waals surface area contributed by atoms with E-state index >= 15 is 0 Å². The molecule has 1 atom stereocenters. The Hall–Kier alpha value is -1.81. The van der Waals surface area contributed by atoms with Crippen LogP contribution in [-0.2, 0) is 9.53 Å². The minimum absolute atomic E-state index is 0.191. The van der Waals surface area contributed by atoms with Crippen molar-refractivity contribution in [1.82, 2.24) is 0 Å². The molecule has 1 aromatic carbocycles. The highest BCUT2D eigenvalue weighted by Crippen LogP contribution is 2.21. The molecule has 1 aromatic rings. The van der Waals surface area contributed by atoms with E-state index < -0.39 is 5.97 Å². The molecule has 0 saturated carbocycles. The van der Waals surface area contributed by atoms with Crippen LogP contribution in [0, 0.1) is 0 Å². The lowest BCUT2D eigenvalue weighted by Crippen LogP contribution is -2.04. The van der Waals surface area contributed by atoms with Crippen LogP contribution in [0.15, 0.2) is 30.3 Å². The smallest absolute Gasteiger partial charge is 0.328 e. The summed E-state index contributed by atoms with van der Waals surface area (Å²) >= 11 is 0. The second kappa shape index (κ2) is 4.81. The quantitative estimate of drug-likeness (QED) is 0.604. The maximum absolute atomic E-state index is 10.4. The van der Waals surface area contributed by atoms with Gasteiger partial charge in [-0.15, -0.1) is 0 Å². The predicted octanol–water partition coefficient (Wildman–Crippen LogP) is 1.56. The van der Waals surface area contributed by atoms with E-state index in [1.165, 1.54) is 6.08 Å².